The van der Waals surface area contributed by atoms with Gasteiger partial charge in [-0.25, -0.2) is 4.99 Å². The Bertz CT molecular complexity index is 507. The number of fused-ring (bicyclic) bond motifs is 1. The van der Waals surface area contributed by atoms with E-state index >= 15 is 0 Å². The van der Waals surface area contributed by atoms with Crippen LogP contribution in [-0.2, 0) is 0 Å². The van der Waals surface area contributed by atoms with Gasteiger partial charge in [0, 0.05) is 36.6 Å². The quantitative estimate of drug-likeness (QED) is 0.765. The number of hydrogen-bond acceptors (Lipinski definition) is 4. The van der Waals surface area contributed by atoms with E-state index in [0.29, 0.717) is 6.04 Å². The number of benzene rings is 1. The molecule has 1 saturated heterocycles. The molecule has 2 N–H and O–H groups in total. The molecule has 0 spiro atoms. The van der Waals surface area contributed by atoms with E-state index < -0.39 is 0 Å². The Morgan fingerprint density at radius 2 is 2.20 bits per heavy atom. The van der Waals surface area contributed by atoms with E-state index in [2.05, 4.69) is 56.6 Å². The molecule has 0 bridgehead atoms. The van der Waals surface area contributed by atoms with Gasteiger partial charge in [-0.3, -0.25) is 0 Å². The maximum absolute atomic E-state index is 4.94. The molecule has 0 radical (unpaired) electrons. The number of aliphatic imine (C=N–C) groups is 1. The van der Waals surface area contributed by atoms with Gasteiger partial charge >= 0.3 is 0 Å². The van der Waals surface area contributed by atoms with Crippen LogP contribution in [0.25, 0.3) is 0 Å². The second kappa shape index (κ2) is 6.14. The van der Waals surface area contributed by atoms with Gasteiger partial charge < -0.3 is 15.5 Å². The van der Waals surface area contributed by atoms with Crippen molar-refractivity contribution in [2.45, 2.75) is 25.8 Å². The summed E-state index contributed by atoms with van der Waals surface area (Å²) in [5, 5.41) is 7.01. The minimum Gasteiger partial charge on any atom is -0.380 e. The zero-order valence-corrected chi connectivity index (χ0v) is 13.4. The monoisotopic (exact) mass is 336 g/mol. The van der Waals surface area contributed by atoms with Crippen molar-refractivity contribution in [3.05, 3.63) is 22.7 Å². The van der Waals surface area contributed by atoms with Gasteiger partial charge in [-0.2, -0.15) is 0 Å². The zero-order valence-electron chi connectivity index (χ0n) is 11.8. The summed E-state index contributed by atoms with van der Waals surface area (Å²) in [4.78, 5) is 7.38. The molecule has 1 atom stereocenters. The number of hydrogen-bond donors (Lipinski definition) is 2. The summed E-state index contributed by atoms with van der Waals surface area (Å²) >= 11 is 3.54. The van der Waals surface area contributed by atoms with Crippen molar-refractivity contribution in [1.82, 2.24) is 10.2 Å². The van der Waals surface area contributed by atoms with E-state index in [9.17, 15) is 0 Å². The summed E-state index contributed by atoms with van der Waals surface area (Å²) in [6.45, 7) is 6.53. The number of rotatable bonds is 0. The van der Waals surface area contributed by atoms with Crippen LogP contribution in [0, 0.1) is 0 Å². The first-order chi connectivity index (χ1) is 9.72. The van der Waals surface area contributed by atoms with Crippen LogP contribution in [0.4, 0.5) is 11.4 Å². The third kappa shape index (κ3) is 3.15. The molecule has 2 aliphatic heterocycles. The lowest BCUT2D eigenvalue weighted by molar-refractivity contribution is 0.434. The average molecular weight is 337 g/mol. The maximum atomic E-state index is 4.94. The maximum Gasteiger partial charge on any atom is 0.107 e. The topological polar surface area (TPSA) is 39.7 Å². The number of amidine groups is 1. The van der Waals surface area contributed by atoms with Crippen LogP contribution in [-0.4, -0.2) is 43.0 Å². The fourth-order valence-electron chi connectivity index (χ4n) is 2.80. The van der Waals surface area contributed by atoms with Crippen LogP contribution in [0.2, 0.25) is 0 Å². The van der Waals surface area contributed by atoms with Crippen LogP contribution >= 0.6 is 15.9 Å². The molecule has 20 heavy (non-hydrogen) atoms. The van der Waals surface area contributed by atoms with Crippen molar-refractivity contribution in [1.29, 1.82) is 0 Å². The van der Waals surface area contributed by atoms with Crippen LogP contribution in [0.3, 0.4) is 0 Å². The Balaban J connectivity index is 1.92. The van der Waals surface area contributed by atoms with Crippen LogP contribution in [0.15, 0.2) is 27.7 Å². The van der Waals surface area contributed by atoms with Gasteiger partial charge in [0.1, 0.15) is 5.84 Å². The number of nitrogens with one attached hydrogen (secondary N) is 2. The molecule has 5 heteroatoms. The molecule has 1 aromatic rings. The van der Waals surface area contributed by atoms with Gasteiger partial charge in [-0.05, 0) is 38.1 Å². The molecule has 4 nitrogen and oxygen atoms in total. The standard InChI is InChI=1S/C15H21BrN4/c1-11-9-15(20-7-2-5-17-6-8-20)19-14-10-12(16)3-4-13(14)18-11/h3-4,10-11,17-18H,2,5-9H2,1H3. The largest absolute Gasteiger partial charge is 0.380 e. The molecule has 1 aromatic carbocycles. The molecule has 0 aliphatic carbocycles. The van der Waals surface area contributed by atoms with Gasteiger partial charge in [0.15, 0.2) is 0 Å². The first-order valence-corrected chi connectivity index (χ1v) is 8.11. The fourth-order valence-corrected chi connectivity index (χ4v) is 3.15. The smallest absolute Gasteiger partial charge is 0.107 e. The van der Waals surface area contributed by atoms with Gasteiger partial charge in [0.05, 0.1) is 11.4 Å². The Labute approximate surface area is 128 Å². The lowest BCUT2D eigenvalue weighted by atomic mass is 10.2. The van der Waals surface area contributed by atoms with Crippen molar-refractivity contribution < 1.29 is 0 Å². The summed E-state index contributed by atoms with van der Waals surface area (Å²) < 4.78 is 1.08. The number of halogens is 1. The van der Waals surface area contributed by atoms with Gasteiger partial charge in [0.25, 0.3) is 0 Å². The van der Waals surface area contributed by atoms with E-state index in [4.69, 9.17) is 4.99 Å². The van der Waals surface area contributed by atoms with E-state index in [1.54, 1.807) is 0 Å². The summed E-state index contributed by atoms with van der Waals surface area (Å²) in [6, 6.07) is 6.67. The van der Waals surface area contributed by atoms with Crippen molar-refractivity contribution in [2.75, 3.05) is 31.5 Å². The van der Waals surface area contributed by atoms with Crippen molar-refractivity contribution in [3.8, 4) is 0 Å². The lowest BCUT2D eigenvalue weighted by Crippen LogP contribution is -2.36. The third-order valence-electron chi connectivity index (χ3n) is 3.81. The second-order valence-corrected chi connectivity index (χ2v) is 6.45. The number of anilines is 1. The van der Waals surface area contributed by atoms with Crippen LogP contribution in [0.1, 0.15) is 19.8 Å². The molecule has 2 heterocycles. The summed E-state index contributed by atoms with van der Waals surface area (Å²) in [5.41, 5.74) is 2.17. The first-order valence-electron chi connectivity index (χ1n) is 7.32. The highest BCUT2D eigenvalue weighted by atomic mass is 79.9. The highest BCUT2D eigenvalue weighted by Gasteiger charge is 2.20. The van der Waals surface area contributed by atoms with Crippen LogP contribution < -0.4 is 10.6 Å². The summed E-state index contributed by atoms with van der Waals surface area (Å²) in [7, 11) is 0. The Morgan fingerprint density at radius 3 is 3.10 bits per heavy atom. The second-order valence-electron chi connectivity index (χ2n) is 5.53. The van der Waals surface area contributed by atoms with Gasteiger partial charge in [-0.1, -0.05) is 15.9 Å². The Kier molecular flexibility index (Phi) is 4.27. The lowest BCUT2D eigenvalue weighted by Gasteiger charge is -2.25. The van der Waals surface area contributed by atoms with E-state index in [0.717, 1.165) is 48.4 Å². The molecule has 2 aliphatic rings. The fraction of sp³-hybridized carbons (Fsp3) is 0.533. The van der Waals surface area contributed by atoms with Gasteiger partial charge in [-0.15, -0.1) is 0 Å². The molecule has 0 aromatic heterocycles. The predicted molar refractivity (Wildman–Crippen MR) is 88.0 cm³/mol. The van der Waals surface area contributed by atoms with Crippen molar-refractivity contribution in [3.63, 3.8) is 0 Å². The molecule has 1 fully saturated rings. The molecule has 3 rings (SSSR count). The van der Waals surface area contributed by atoms with Crippen molar-refractivity contribution in [2.24, 2.45) is 4.99 Å². The van der Waals surface area contributed by atoms with Crippen molar-refractivity contribution >= 4 is 33.1 Å². The molecule has 1 unspecified atom stereocenters. The summed E-state index contributed by atoms with van der Waals surface area (Å²) in [5.74, 6) is 1.21. The minimum atomic E-state index is 0.410. The predicted octanol–water partition coefficient (Wildman–Crippen LogP) is 2.98. The molecular formula is C15H21BrN4. The van der Waals surface area contributed by atoms with E-state index in [1.807, 2.05) is 0 Å². The highest BCUT2D eigenvalue weighted by Crippen LogP contribution is 2.32. The highest BCUT2D eigenvalue weighted by molar-refractivity contribution is 9.10. The molecule has 0 saturated carbocycles. The molecular weight excluding hydrogens is 316 g/mol. The van der Waals surface area contributed by atoms with E-state index in [1.165, 1.54) is 12.3 Å². The SMILES string of the molecule is CC1CC(N2CCCNCC2)=Nc2cc(Br)ccc2N1. The van der Waals surface area contributed by atoms with Crippen LogP contribution in [0.5, 0.6) is 0 Å². The summed E-state index contributed by atoms with van der Waals surface area (Å²) in [6.07, 6.45) is 2.17. The van der Waals surface area contributed by atoms with E-state index in [-0.39, 0.29) is 0 Å². The van der Waals surface area contributed by atoms with Gasteiger partial charge in [0.2, 0.25) is 0 Å². The zero-order chi connectivity index (χ0) is 13.9. The Morgan fingerprint density at radius 1 is 1.30 bits per heavy atom. The normalized spacial score (nSPS) is 23.2. The minimum absolute atomic E-state index is 0.410. The third-order valence-corrected chi connectivity index (χ3v) is 4.30. The number of nitrogens with zero attached hydrogens (tertiary/aromatic N) is 2. The Hall–Kier alpha value is -1.07. The first kappa shape index (κ1) is 13.9. The average Bonchev–Trinajstić information content (AvgIpc) is 2.76. The molecule has 0 amide bonds. The molecule has 108 valence electrons.